The number of aromatic nitrogens is 1. The van der Waals surface area contributed by atoms with Crippen LogP contribution in [0.5, 0.6) is 0 Å². The lowest BCUT2D eigenvalue weighted by atomic mass is 10.2. The second kappa shape index (κ2) is 6.16. The molecule has 0 aliphatic carbocycles. The minimum absolute atomic E-state index is 0.0125. The van der Waals surface area contributed by atoms with Gasteiger partial charge in [0.2, 0.25) is 0 Å². The fourth-order valence-corrected chi connectivity index (χ4v) is 2.41. The summed E-state index contributed by atoms with van der Waals surface area (Å²) >= 11 is 6.00. The molecule has 0 atom stereocenters. The van der Waals surface area contributed by atoms with Gasteiger partial charge in [-0.2, -0.15) is 0 Å². The number of piperazine rings is 1. The largest absolute Gasteiger partial charge is 0.336 e. The van der Waals surface area contributed by atoms with E-state index >= 15 is 0 Å². The maximum atomic E-state index is 12.3. The van der Waals surface area contributed by atoms with Gasteiger partial charge < -0.3 is 4.90 Å². The van der Waals surface area contributed by atoms with Gasteiger partial charge in [-0.05, 0) is 19.0 Å². The highest BCUT2D eigenvalue weighted by molar-refractivity contribution is 6.33. The average molecular weight is 268 g/mol. The van der Waals surface area contributed by atoms with Crippen molar-refractivity contribution in [3.8, 4) is 0 Å². The number of carbonyl (C=O) groups is 1. The van der Waals surface area contributed by atoms with Crippen LogP contribution in [0.4, 0.5) is 0 Å². The van der Waals surface area contributed by atoms with Crippen LogP contribution in [0.2, 0.25) is 5.02 Å². The minimum atomic E-state index is 0.0125. The highest BCUT2D eigenvalue weighted by Gasteiger charge is 2.22. The zero-order valence-electron chi connectivity index (χ0n) is 10.6. The van der Waals surface area contributed by atoms with Crippen LogP contribution in [0.15, 0.2) is 18.5 Å². The van der Waals surface area contributed by atoms with Crippen LogP contribution in [-0.4, -0.2) is 53.4 Å². The first-order valence-corrected chi connectivity index (χ1v) is 6.71. The predicted molar refractivity (Wildman–Crippen MR) is 71.9 cm³/mol. The molecule has 0 spiro atoms. The van der Waals surface area contributed by atoms with E-state index < -0.39 is 0 Å². The molecule has 18 heavy (non-hydrogen) atoms. The van der Waals surface area contributed by atoms with E-state index in [1.807, 2.05) is 4.90 Å². The Bertz CT molecular complexity index is 416. The maximum Gasteiger partial charge on any atom is 0.255 e. The fraction of sp³-hybridized carbons (Fsp3) is 0.538. The third-order valence-electron chi connectivity index (χ3n) is 3.20. The second-order valence-corrected chi connectivity index (χ2v) is 4.90. The molecule has 98 valence electrons. The Morgan fingerprint density at radius 3 is 2.72 bits per heavy atom. The third-order valence-corrected chi connectivity index (χ3v) is 3.50. The first-order chi connectivity index (χ1) is 8.72. The predicted octanol–water partition coefficient (Wildman–Crippen LogP) is 1.90. The second-order valence-electron chi connectivity index (χ2n) is 4.49. The summed E-state index contributed by atoms with van der Waals surface area (Å²) < 4.78 is 0. The summed E-state index contributed by atoms with van der Waals surface area (Å²) in [5.41, 5.74) is 0.551. The van der Waals surface area contributed by atoms with Crippen LogP contribution < -0.4 is 0 Å². The van der Waals surface area contributed by atoms with E-state index in [0.717, 1.165) is 39.1 Å². The van der Waals surface area contributed by atoms with Crippen molar-refractivity contribution < 1.29 is 4.79 Å². The number of pyridine rings is 1. The van der Waals surface area contributed by atoms with Crippen molar-refractivity contribution in [2.45, 2.75) is 13.3 Å². The molecule has 1 aromatic heterocycles. The number of carbonyl (C=O) groups excluding carboxylic acids is 1. The van der Waals surface area contributed by atoms with E-state index in [-0.39, 0.29) is 5.91 Å². The van der Waals surface area contributed by atoms with Crippen molar-refractivity contribution in [1.29, 1.82) is 0 Å². The molecule has 1 aromatic rings. The topological polar surface area (TPSA) is 36.4 Å². The van der Waals surface area contributed by atoms with Gasteiger partial charge in [-0.15, -0.1) is 0 Å². The van der Waals surface area contributed by atoms with Gasteiger partial charge in [-0.3, -0.25) is 14.7 Å². The smallest absolute Gasteiger partial charge is 0.255 e. The minimum Gasteiger partial charge on any atom is -0.336 e. The average Bonchev–Trinajstić information content (AvgIpc) is 2.40. The van der Waals surface area contributed by atoms with Gasteiger partial charge >= 0.3 is 0 Å². The van der Waals surface area contributed by atoms with Crippen LogP contribution in [0.25, 0.3) is 0 Å². The Labute approximate surface area is 113 Å². The van der Waals surface area contributed by atoms with E-state index in [2.05, 4.69) is 16.8 Å². The highest BCUT2D eigenvalue weighted by atomic mass is 35.5. The summed E-state index contributed by atoms with van der Waals surface area (Å²) in [4.78, 5) is 20.4. The molecule has 1 fully saturated rings. The molecular weight excluding hydrogens is 250 g/mol. The Balaban J connectivity index is 1.98. The van der Waals surface area contributed by atoms with E-state index in [1.54, 1.807) is 12.3 Å². The van der Waals surface area contributed by atoms with Gasteiger partial charge in [0.25, 0.3) is 5.91 Å². The lowest BCUT2D eigenvalue weighted by Gasteiger charge is -2.34. The van der Waals surface area contributed by atoms with E-state index in [0.29, 0.717) is 10.6 Å². The van der Waals surface area contributed by atoms with E-state index in [1.165, 1.54) is 6.20 Å². The number of nitrogens with zero attached hydrogens (tertiary/aromatic N) is 3. The molecule has 4 nitrogen and oxygen atoms in total. The number of rotatable bonds is 3. The summed E-state index contributed by atoms with van der Waals surface area (Å²) in [5, 5.41) is 0.429. The first kappa shape index (κ1) is 13.3. The molecule has 0 bridgehead atoms. The molecule has 0 aromatic carbocycles. The summed E-state index contributed by atoms with van der Waals surface area (Å²) in [6, 6.07) is 1.68. The van der Waals surface area contributed by atoms with Crippen molar-refractivity contribution in [3.63, 3.8) is 0 Å². The monoisotopic (exact) mass is 267 g/mol. The molecule has 1 aliphatic heterocycles. The SMILES string of the molecule is CCCN1CCN(C(=O)c2ccncc2Cl)CC1. The number of hydrogen-bond acceptors (Lipinski definition) is 3. The number of amides is 1. The molecular formula is C13H18ClN3O. The van der Waals surface area contributed by atoms with Gasteiger partial charge in [-0.1, -0.05) is 18.5 Å². The molecule has 5 heteroatoms. The van der Waals surface area contributed by atoms with Gasteiger partial charge in [0.1, 0.15) is 0 Å². The van der Waals surface area contributed by atoms with Gasteiger partial charge in [0, 0.05) is 38.6 Å². The Kier molecular flexibility index (Phi) is 4.55. The summed E-state index contributed by atoms with van der Waals surface area (Å²) in [6.45, 7) is 6.73. The maximum absolute atomic E-state index is 12.3. The van der Waals surface area contributed by atoms with Crippen molar-refractivity contribution in [3.05, 3.63) is 29.0 Å². The Hall–Kier alpha value is -1.13. The lowest BCUT2D eigenvalue weighted by Crippen LogP contribution is -2.48. The molecule has 1 aliphatic rings. The van der Waals surface area contributed by atoms with Crippen LogP contribution >= 0.6 is 11.6 Å². The van der Waals surface area contributed by atoms with Crippen molar-refractivity contribution >= 4 is 17.5 Å². The normalized spacial score (nSPS) is 16.9. The van der Waals surface area contributed by atoms with Crippen LogP contribution in [0.1, 0.15) is 23.7 Å². The quantitative estimate of drug-likeness (QED) is 0.839. The summed E-state index contributed by atoms with van der Waals surface area (Å²) in [5.74, 6) is 0.0125. The van der Waals surface area contributed by atoms with Crippen LogP contribution in [0, 0.1) is 0 Å². The van der Waals surface area contributed by atoms with Crippen molar-refractivity contribution in [1.82, 2.24) is 14.8 Å². The van der Waals surface area contributed by atoms with Crippen LogP contribution in [0.3, 0.4) is 0 Å². The molecule has 0 N–H and O–H groups in total. The lowest BCUT2D eigenvalue weighted by molar-refractivity contribution is 0.0637. The third kappa shape index (κ3) is 3.00. The van der Waals surface area contributed by atoms with Crippen LogP contribution in [-0.2, 0) is 0 Å². The first-order valence-electron chi connectivity index (χ1n) is 6.33. The molecule has 2 heterocycles. The molecule has 0 radical (unpaired) electrons. The van der Waals surface area contributed by atoms with Gasteiger partial charge in [-0.25, -0.2) is 0 Å². The van der Waals surface area contributed by atoms with E-state index in [9.17, 15) is 4.79 Å². The van der Waals surface area contributed by atoms with Crippen molar-refractivity contribution in [2.75, 3.05) is 32.7 Å². The summed E-state index contributed by atoms with van der Waals surface area (Å²) in [6.07, 6.45) is 4.28. The summed E-state index contributed by atoms with van der Waals surface area (Å²) in [7, 11) is 0. The van der Waals surface area contributed by atoms with Gasteiger partial charge in [0.15, 0.2) is 0 Å². The Morgan fingerprint density at radius 2 is 2.11 bits per heavy atom. The zero-order chi connectivity index (χ0) is 13.0. The number of hydrogen-bond donors (Lipinski definition) is 0. The zero-order valence-corrected chi connectivity index (χ0v) is 11.4. The fourth-order valence-electron chi connectivity index (χ4n) is 2.21. The number of halogens is 1. The molecule has 2 rings (SSSR count). The standard InChI is InChI=1S/C13H18ClN3O/c1-2-5-16-6-8-17(9-7-16)13(18)11-3-4-15-10-12(11)14/h3-4,10H,2,5-9H2,1H3. The van der Waals surface area contributed by atoms with Gasteiger partial charge in [0.05, 0.1) is 10.6 Å². The highest BCUT2D eigenvalue weighted by Crippen LogP contribution is 2.16. The van der Waals surface area contributed by atoms with E-state index in [4.69, 9.17) is 11.6 Å². The molecule has 0 saturated carbocycles. The molecule has 0 unspecified atom stereocenters. The molecule has 1 amide bonds. The van der Waals surface area contributed by atoms with Crippen molar-refractivity contribution in [2.24, 2.45) is 0 Å². The Morgan fingerprint density at radius 1 is 1.39 bits per heavy atom. The molecule has 1 saturated heterocycles.